The van der Waals surface area contributed by atoms with Crippen LogP contribution in [-0.4, -0.2) is 55.2 Å². The van der Waals surface area contributed by atoms with Crippen molar-refractivity contribution in [1.82, 2.24) is 10.3 Å². The summed E-state index contributed by atoms with van der Waals surface area (Å²) in [5.74, 6) is -0.907. The monoisotopic (exact) mass is 455 g/mol. The Morgan fingerprint density at radius 3 is 2.85 bits per heavy atom. The van der Waals surface area contributed by atoms with E-state index in [-0.39, 0.29) is 36.2 Å². The van der Waals surface area contributed by atoms with Crippen molar-refractivity contribution in [2.24, 2.45) is 4.99 Å². The molecule has 0 bridgehead atoms. The van der Waals surface area contributed by atoms with Crippen LogP contribution in [0.3, 0.4) is 0 Å². The van der Waals surface area contributed by atoms with E-state index in [1.165, 1.54) is 6.07 Å². The molecule has 174 valence electrons. The number of amides is 1. The molecule has 2 aliphatic heterocycles. The van der Waals surface area contributed by atoms with Gasteiger partial charge in [0, 0.05) is 30.7 Å². The maximum atomic E-state index is 14.5. The van der Waals surface area contributed by atoms with Gasteiger partial charge in [-0.1, -0.05) is 0 Å². The smallest absolute Gasteiger partial charge is 0.254 e. The second-order valence-electron chi connectivity index (χ2n) is 8.94. The highest BCUT2D eigenvalue weighted by molar-refractivity contribution is 5.97. The molecule has 3 atom stereocenters. The third-order valence-electron chi connectivity index (χ3n) is 6.29. The molecule has 1 aliphatic carbocycles. The second-order valence-corrected chi connectivity index (χ2v) is 8.94. The van der Waals surface area contributed by atoms with E-state index >= 15 is 0 Å². The molecule has 1 amide bonds. The molecule has 5 rings (SSSR count). The Labute approximate surface area is 191 Å². The van der Waals surface area contributed by atoms with E-state index in [9.17, 15) is 13.6 Å². The summed E-state index contributed by atoms with van der Waals surface area (Å²) in [6.45, 7) is 2.98. The van der Waals surface area contributed by atoms with E-state index in [1.807, 2.05) is 17.9 Å². The first-order chi connectivity index (χ1) is 16.0. The van der Waals surface area contributed by atoms with Gasteiger partial charge in [-0.05, 0) is 55.5 Å². The highest BCUT2D eigenvalue weighted by atomic mass is 19.1. The van der Waals surface area contributed by atoms with Crippen LogP contribution in [0, 0.1) is 12.7 Å². The van der Waals surface area contributed by atoms with Gasteiger partial charge in [0.2, 0.25) is 0 Å². The molecule has 7 nitrogen and oxygen atoms in total. The molecular weight excluding hydrogens is 428 g/mol. The largest absolute Gasteiger partial charge is 0.378 e. The Kier molecular flexibility index (Phi) is 5.97. The number of aromatic nitrogens is 1. The SMILES string of the molecule is Cc1cc(F)c(C(=O)NC2CC2)cc1N1C=NC(c2cncc(NC3CCOC[C@H]3F)c2)C1. The molecule has 2 N–H and O–H groups in total. The molecule has 0 radical (unpaired) electrons. The first-order valence-electron chi connectivity index (χ1n) is 11.3. The van der Waals surface area contributed by atoms with Crippen molar-refractivity contribution in [3.05, 3.63) is 53.1 Å². The molecule has 33 heavy (non-hydrogen) atoms. The average Bonchev–Trinajstić information content (AvgIpc) is 3.47. The molecule has 2 unspecified atom stereocenters. The van der Waals surface area contributed by atoms with Crippen molar-refractivity contribution in [1.29, 1.82) is 0 Å². The number of benzene rings is 1. The maximum absolute atomic E-state index is 14.5. The van der Waals surface area contributed by atoms with Crippen molar-refractivity contribution >= 4 is 23.6 Å². The number of ether oxygens (including phenoxy) is 1. The van der Waals surface area contributed by atoms with Crippen molar-refractivity contribution in [3.63, 3.8) is 0 Å². The van der Waals surface area contributed by atoms with Crippen LogP contribution in [0.2, 0.25) is 0 Å². The van der Waals surface area contributed by atoms with E-state index in [2.05, 4.69) is 20.6 Å². The van der Waals surface area contributed by atoms with Gasteiger partial charge in [-0.25, -0.2) is 8.78 Å². The van der Waals surface area contributed by atoms with Gasteiger partial charge < -0.3 is 20.3 Å². The minimum atomic E-state index is -1.06. The van der Waals surface area contributed by atoms with E-state index < -0.39 is 12.0 Å². The molecule has 1 aromatic heterocycles. The third kappa shape index (κ3) is 4.83. The first kappa shape index (κ1) is 21.8. The number of nitrogens with zero attached hydrogens (tertiary/aromatic N) is 3. The van der Waals surface area contributed by atoms with Gasteiger partial charge in [0.1, 0.15) is 12.0 Å². The Morgan fingerprint density at radius 2 is 2.06 bits per heavy atom. The number of anilines is 2. The van der Waals surface area contributed by atoms with Crippen molar-refractivity contribution < 1.29 is 18.3 Å². The lowest BCUT2D eigenvalue weighted by molar-refractivity contribution is 0.0286. The van der Waals surface area contributed by atoms with Crippen LogP contribution >= 0.6 is 0 Å². The molecule has 2 aromatic rings. The summed E-state index contributed by atoms with van der Waals surface area (Å²) in [4.78, 5) is 23.3. The van der Waals surface area contributed by atoms with Gasteiger partial charge >= 0.3 is 0 Å². The van der Waals surface area contributed by atoms with Crippen LogP contribution in [0.5, 0.6) is 0 Å². The fourth-order valence-electron chi connectivity index (χ4n) is 4.23. The molecular formula is C24H27F2N5O2. The standard InChI is InChI=1S/C24H27F2N5O2/c1-14-6-19(25)18(24(32)30-16-2-3-16)8-23(14)31-11-22(28-13-31)15-7-17(10-27-9-15)29-21-4-5-33-12-20(21)26/h6-10,13,16,20-22,29H,2-5,11-12H2,1H3,(H,30,32)/t20-,21?,22?/m1/s1. The molecule has 3 heterocycles. The quantitative estimate of drug-likeness (QED) is 0.697. The summed E-state index contributed by atoms with van der Waals surface area (Å²) in [5.41, 5.74) is 3.16. The van der Waals surface area contributed by atoms with Crippen molar-refractivity contribution in [2.75, 3.05) is 30.0 Å². The Hall–Kier alpha value is -3.07. The number of hydrogen-bond acceptors (Lipinski definition) is 6. The van der Waals surface area contributed by atoms with Crippen molar-refractivity contribution in [3.8, 4) is 0 Å². The lowest BCUT2D eigenvalue weighted by atomic mass is 10.1. The van der Waals surface area contributed by atoms with Crippen LogP contribution in [0.4, 0.5) is 20.2 Å². The number of nitrogens with one attached hydrogen (secondary N) is 2. The Bertz CT molecular complexity index is 1070. The van der Waals surface area contributed by atoms with E-state index in [0.717, 1.165) is 35.3 Å². The predicted molar refractivity (Wildman–Crippen MR) is 122 cm³/mol. The van der Waals surface area contributed by atoms with Gasteiger partial charge in [-0.2, -0.15) is 0 Å². The fourth-order valence-corrected chi connectivity index (χ4v) is 4.23. The molecule has 1 aromatic carbocycles. The normalized spacial score (nSPS) is 24.7. The molecule has 0 spiro atoms. The fraction of sp³-hybridized carbons (Fsp3) is 0.458. The summed E-state index contributed by atoms with van der Waals surface area (Å²) in [5, 5.41) is 6.07. The lowest BCUT2D eigenvalue weighted by Gasteiger charge is -2.27. The zero-order valence-corrected chi connectivity index (χ0v) is 18.4. The van der Waals surface area contributed by atoms with Crippen LogP contribution in [0.1, 0.15) is 46.8 Å². The van der Waals surface area contributed by atoms with Gasteiger partial charge in [-0.15, -0.1) is 0 Å². The van der Waals surface area contributed by atoms with Crippen LogP contribution in [0.25, 0.3) is 0 Å². The summed E-state index contributed by atoms with van der Waals surface area (Å²) < 4.78 is 33.8. The van der Waals surface area contributed by atoms with Crippen LogP contribution < -0.4 is 15.5 Å². The number of rotatable bonds is 6. The first-order valence-corrected chi connectivity index (χ1v) is 11.3. The zero-order chi connectivity index (χ0) is 22.9. The third-order valence-corrected chi connectivity index (χ3v) is 6.29. The van der Waals surface area contributed by atoms with Gasteiger partial charge in [0.05, 0.1) is 42.8 Å². The van der Waals surface area contributed by atoms with Crippen LogP contribution in [-0.2, 0) is 4.74 Å². The van der Waals surface area contributed by atoms with Gasteiger partial charge in [0.15, 0.2) is 0 Å². The average molecular weight is 456 g/mol. The number of halogens is 2. The number of pyridine rings is 1. The Balaban J connectivity index is 1.30. The number of alkyl halides is 1. The molecule has 9 heteroatoms. The highest BCUT2D eigenvalue weighted by Crippen LogP contribution is 2.31. The number of aliphatic imine (C=N–C) groups is 1. The molecule has 2 fully saturated rings. The van der Waals surface area contributed by atoms with E-state index in [1.54, 1.807) is 24.8 Å². The molecule has 1 saturated carbocycles. The number of aryl methyl sites for hydroxylation is 1. The van der Waals surface area contributed by atoms with Crippen molar-refractivity contribution in [2.45, 2.75) is 50.5 Å². The second kappa shape index (κ2) is 9.05. The highest BCUT2D eigenvalue weighted by Gasteiger charge is 2.28. The Morgan fingerprint density at radius 1 is 1.21 bits per heavy atom. The molecule has 1 saturated heterocycles. The number of carbonyl (C=O) groups excluding carboxylic acids is 1. The maximum Gasteiger partial charge on any atom is 0.254 e. The minimum absolute atomic E-state index is 0.0458. The van der Waals surface area contributed by atoms with E-state index in [4.69, 9.17) is 4.74 Å². The lowest BCUT2D eigenvalue weighted by Crippen LogP contribution is -2.39. The topological polar surface area (TPSA) is 78.9 Å². The zero-order valence-electron chi connectivity index (χ0n) is 18.4. The predicted octanol–water partition coefficient (Wildman–Crippen LogP) is 3.55. The number of hydrogen-bond donors (Lipinski definition) is 2. The minimum Gasteiger partial charge on any atom is -0.378 e. The summed E-state index contributed by atoms with van der Waals surface area (Å²) in [6.07, 6.45) is 6.56. The van der Waals surface area contributed by atoms with E-state index in [0.29, 0.717) is 19.6 Å². The summed E-state index contributed by atoms with van der Waals surface area (Å²) in [6, 6.07) is 4.60. The number of carbonyl (C=O) groups is 1. The van der Waals surface area contributed by atoms with Gasteiger partial charge in [-0.3, -0.25) is 14.8 Å². The van der Waals surface area contributed by atoms with Gasteiger partial charge in [0.25, 0.3) is 5.91 Å². The molecule has 3 aliphatic rings. The summed E-state index contributed by atoms with van der Waals surface area (Å²) >= 11 is 0. The van der Waals surface area contributed by atoms with Crippen LogP contribution in [0.15, 0.2) is 35.6 Å². The summed E-state index contributed by atoms with van der Waals surface area (Å²) in [7, 11) is 0.